The van der Waals surface area contributed by atoms with Crippen LogP contribution in [-0.4, -0.2) is 0 Å². The van der Waals surface area contributed by atoms with Gasteiger partial charge in [0.1, 0.15) is 0 Å². The molecule has 3 aliphatic carbocycles. The molecule has 1 saturated carbocycles. The zero-order valence-electron chi connectivity index (χ0n) is 8.26. The van der Waals surface area contributed by atoms with E-state index in [4.69, 9.17) is 0 Å². The first-order valence-corrected chi connectivity index (χ1v) is 5.84. The lowest BCUT2D eigenvalue weighted by Crippen LogP contribution is -2.17. The van der Waals surface area contributed by atoms with E-state index < -0.39 is 0 Å². The molecule has 0 aliphatic heterocycles. The molecule has 1 fully saturated rings. The maximum Gasteiger partial charge on any atom is -0.0159 e. The van der Waals surface area contributed by atoms with Gasteiger partial charge in [-0.15, -0.1) is 0 Å². The summed E-state index contributed by atoms with van der Waals surface area (Å²) in [4.78, 5) is 0. The Labute approximate surface area is 80.7 Å². The van der Waals surface area contributed by atoms with Gasteiger partial charge >= 0.3 is 0 Å². The molecule has 0 saturated heterocycles. The highest BCUT2D eigenvalue weighted by Crippen LogP contribution is 2.46. The van der Waals surface area contributed by atoms with E-state index in [9.17, 15) is 0 Å². The van der Waals surface area contributed by atoms with Crippen LogP contribution >= 0.6 is 0 Å². The van der Waals surface area contributed by atoms with E-state index in [1.165, 1.54) is 44.9 Å². The van der Waals surface area contributed by atoms with Crippen molar-refractivity contribution in [1.82, 2.24) is 0 Å². The molecular weight excluding hydrogens is 156 g/mol. The summed E-state index contributed by atoms with van der Waals surface area (Å²) in [5, 5.41) is 0. The first-order valence-electron chi connectivity index (χ1n) is 5.84. The second-order valence-electron chi connectivity index (χ2n) is 4.82. The van der Waals surface area contributed by atoms with Gasteiger partial charge in [-0.1, -0.05) is 17.7 Å². The number of hydrogen-bond donors (Lipinski definition) is 0. The summed E-state index contributed by atoms with van der Waals surface area (Å²) >= 11 is 0. The van der Waals surface area contributed by atoms with Gasteiger partial charge in [-0.3, -0.25) is 0 Å². The minimum absolute atomic E-state index is 0.953. The minimum Gasteiger partial charge on any atom is -0.0842 e. The zero-order valence-corrected chi connectivity index (χ0v) is 8.26. The lowest BCUT2D eigenvalue weighted by atomic mass is 9.74. The van der Waals surface area contributed by atoms with Crippen LogP contribution in [0, 0.1) is 11.8 Å². The molecule has 2 atom stereocenters. The van der Waals surface area contributed by atoms with Crippen molar-refractivity contribution in [3.8, 4) is 0 Å². The van der Waals surface area contributed by atoms with Gasteiger partial charge < -0.3 is 0 Å². The number of allylic oxidation sites excluding steroid dienone is 4. The fourth-order valence-electron chi connectivity index (χ4n) is 3.49. The van der Waals surface area contributed by atoms with E-state index in [0.717, 1.165) is 11.8 Å². The topological polar surface area (TPSA) is 0 Å². The molecule has 3 aliphatic rings. The normalized spacial score (nSPS) is 37.5. The molecule has 0 radical (unpaired) electrons. The summed E-state index contributed by atoms with van der Waals surface area (Å²) in [5.74, 6) is 1.95. The molecule has 0 heteroatoms. The Morgan fingerprint density at radius 3 is 2.92 bits per heavy atom. The summed E-state index contributed by atoms with van der Waals surface area (Å²) in [7, 11) is 0. The summed E-state index contributed by atoms with van der Waals surface area (Å²) in [6.45, 7) is 0. The number of rotatable bonds is 0. The van der Waals surface area contributed by atoms with Crippen LogP contribution in [0.2, 0.25) is 0 Å². The molecular formula is C13H18. The fraction of sp³-hybridized carbons (Fsp3) is 0.692. The van der Waals surface area contributed by atoms with Crippen LogP contribution in [0.5, 0.6) is 0 Å². The Morgan fingerprint density at radius 1 is 1.00 bits per heavy atom. The first kappa shape index (κ1) is 7.84. The molecule has 0 amide bonds. The highest BCUT2D eigenvalue weighted by molar-refractivity contribution is 5.35. The van der Waals surface area contributed by atoms with Gasteiger partial charge in [-0.05, 0) is 62.4 Å². The van der Waals surface area contributed by atoms with Gasteiger partial charge in [0, 0.05) is 0 Å². The molecule has 0 N–H and O–H groups in total. The van der Waals surface area contributed by atoms with Gasteiger partial charge in [0.15, 0.2) is 0 Å². The van der Waals surface area contributed by atoms with Gasteiger partial charge in [0.05, 0.1) is 0 Å². The smallest absolute Gasteiger partial charge is 0.0159 e. The average Bonchev–Trinajstić information content (AvgIpc) is 2.65. The van der Waals surface area contributed by atoms with Crippen LogP contribution in [-0.2, 0) is 0 Å². The van der Waals surface area contributed by atoms with Crippen molar-refractivity contribution in [3.63, 3.8) is 0 Å². The molecule has 0 aromatic rings. The van der Waals surface area contributed by atoms with Crippen molar-refractivity contribution in [2.24, 2.45) is 11.8 Å². The van der Waals surface area contributed by atoms with E-state index in [1.807, 2.05) is 5.57 Å². The van der Waals surface area contributed by atoms with Gasteiger partial charge in [0.25, 0.3) is 0 Å². The number of hydrogen-bond acceptors (Lipinski definition) is 0. The molecule has 70 valence electrons. The van der Waals surface area contributed by atoms with Crippen LogP contribution in [0.25, 0.3) is 0 Å². The van der Waals surface area contributed by atoms with Crippen LogP contribution in [0.15, 0.2) is 23.3 Å². The van der Waals surface area contributed by atoms with E-state index in [-0.39, 0.29) is 0 Å². The molecule has 0 bridgehead atoms. The van der Waals surface area contributed by atoms with Crippen molar-refractivity contribution in [2.45, 2.75) is 44.9 Å². The van der Waals surface area contributed by atoms with Crippen molar-refractivity contribution < 1.29 is 0 Å². The molecule has 0 spiro atoms. The molecule has 2 unspecified atom stereocenters. The lowest BCUT2D eigenvalue weighted by molar-refractivity contribution is 0.408. The Kier molecular flexibility index (Phi) is 1.81. The van der Waals surface area contributed by atoms with Crippen LogP contribution < -0.4 is 0 Å². The quantitative estimate of drug-likeness (QED) is 0.523. The maximum atomic E-state index is 2.45. The van der Waals surface area contributed by atoms with Crippen molar-refractivity contribution in [3.05, 3.63) is 23.3 Å². The summed E-state index contributed by atoms with van der Waals surface area (Å²) in [5.41, 5.74) is 3.62. The van der Waals surface area contributed by atoms with Crippen LogP contribution in [0.1, 0.15) is 44.9 Å². The Bertz CT molecular complexity index is 270. The molecule has 0 heterocycles. The minimum atomic E-state index is 0.953. The first-order chi connectivity index (χ1) is 6.45. The SMILES string of the molecule is C1=CC2=C3CCCC3CCC2CC1. The second kappa shape index (κ2) is 3.01. The number of fused-ring (bicyclic) bond motifs is 2. The van der Waals surface area contributed by atoms with Gasteiger partial charge in [-0.25, -0.2) is 0 Å². The predicted octanol–water partition coefficient (Wildman–Crippen LogP) is 3.84. The highest BCUT2D eigenvalue weighted by Gasteiger charge is 2.31. The molecule has 0 aromatic heterocycles. The summed E-state index contributed by atoms with van der Waals surface area (Å²) in [6, 6.07) is 0. The standard InChI is InChI=1S/C13H18/c1-2-6-12-10(4-1)8-9-11-5-3-7-13(11)12/h2,6,10-11H,1,3-5,7-9H2. The van der Waals surface area contributed by atoms with E-state index in [0.29, 0.717) is 0 Å². The average molecular weight is 174 g/mol. The van der Waals surface area contributed by atoms with E-state index >= 15 is 0 Å². The largest absolute Gasteiger partial charge is 0.0842 e. The summed E-state index contributed by atoms with van der Waals surface area (Å²) in [6.07, 6.45) is 14.9. The Hall–Kier alpha value is -0.520. The zero-order chi connectivity index (χ0) is 8.67. The molecule has 13 heavy (non-hydrogen) atoms. The fourth-order valence-corrected chi connectivity index (χ4v) is 3.49. The Morgan fingerprint density at radius 2 is 1.92 bits per heavy atom. The monoisotopic (exact) mass is 174 g/mol. The molecule has 0 aromatic carbocycles. The van der Waals surface area contributed by atoms with Crippen LogP contribution in [0.4, 0.5) is 0 Å². The van der Waals surface area contributed by atoms with Gasteiger partial charge in [0.2, 0.25) is 0 Å². The Balaban J connectivity index is 2.03. The van der Waals surface area contributed by atoms with Gasteiger partial charge in [-0.2, -0.15) is 0 Å². The van der Waals surface area contributed by atoms with E-state index in [2.05, 4.69) is 12.2 Å². The molecule has 0 nitrogen and oxygen atoms in total. The third-order valence-electron chi connectivity index (χ3n) is 4.14. The second-order valence-corrected chi connectivity index (χ2v) is 4.82. The van der Waals surface area contributed by atoms with E-state index in [1.54, 1.807) is 5.57 Å². The lowest BCUT2D eigenvalue weighted by Gasteiger charge is -2.31. The summed E-state index contributed by atoms with van der Waals surface area (Å²) < 4.78 is 0. The van der Waals surface area contributed by atoms with Crippen molar-refractivity contribution in [1.29, 1.82) is 0 Å². The van der Waals surface area contributed by atoms with Crippen molar-refractivity contribution in [2.75, 3.05) is 0 Å². The third kappa shape index (κ3) is 1.19. The predicted molar refractivity (Wildman–Crippen MR) is 55.5 cm³/mol. The third-order valence-corrected chi connectivity index (χ3v) is 4.14. The maximum absolute atomic E-state index is 2.45. The van der Waals surface area contributed by atoms with Crippen LogP contribution in [0.3, 0.4) is 0 Å². The molecule has 3 rings (SSSR count). The highest BCUT2D eigenvalue weighted by atomic mass is 14.4. The van der Waals surface area contributed by atoms with Crippen molar-refractivity contribution >= 4 is 0 Å².